The summed E-state index contributed by atoms with van der Waals surface area (Å²) in [4.78, 5) is 20.2. The zero-order valence-corrected chi connectivity index (χ0v) is 25.1. The van der Waals surface area contributed by atoms with Crippen molar-refractivity contribution in [2.75, 3.05) is 25.7 Å². The molecule has 0 atom stereocenters. The van der Waals surface area contributed by atoms with Crippen molar-refractivity contribution in [1.29, 1.82) is 0 Å². The van der Waals surface area contributed by atoms with Gasteiger partial charge in [0.1, 0.15) is 29.4 Å². The summed E-state index contributed by atoms with van der Waals surface area (Å²) in [5.74, 6) is 1.12. The van der Waals surface area contributed by atoms with E-state index >= 15 is 0 Å². The number of furan rings is 1. The number of benzene rings is 3. The highest BCUT2D eigenvalue weighted by Gasteiger charge is 2.33. The number of alkyl halides is 3. The fraction of sp³-hybridized carbons (Fsp3) is 0.219. The molecule has 0 saturated carbocycles. The molecule has 0 aliphatic carbocycles. The summed E-state index contributed by atoms with van der Waals surface area (Å²) in [5, 5.41) is 5.53. The minimum atomic E-state index is -4.55. The highest BCUT2D eigenvalue weighted by atomic mass is 32.1. The minimum absolute atomic E-state index is 0.00108. The number of aromatic nitrogens is 3. The molecule has 4 heterocycles. The summed E-state index contributed by atoms with van der Waals surface area (Å²) in [5.41, 5.74) is 3.09. The van der Waals surface area contributed by atoms with Crippen molar-refractivity contribution in [2.45, 2.75) is 26.1 Å². The van der Waals surface area contributed by atoms with Crippen LogP contribution in [0.15, 0.2) is 65.2 Å². The number of imidazole rings is 1. The van der Waals surface area contributed by atoms with Crippen LogP contribution >= 0.6 is 11.3 Å². The number of aryl methyl sites for hydroxylation is 1. The molecule has 45 heavy (non-hydrogen) atoms. The van der Waals surface area contributed by atoms with Crippen LogP contribution in [-0.2, 0) is 19.2 Å². The first-order valence-electron chi connectivity index (χ1n) is 13.9. The van der Waals surface area contributed by atoms with E-state index in [1.165, 1.54) is 22.3 Å². The van der Waals surface area contributed by atoms with Crippen LogP contribution < -0.4 is 19.1 Å². The van der Waals surface area contributed by atoms with Gasteiger partial charge in [-0.15, -0.1) is 5.10 Å². The fourth-order valence-corrected chi connectivity index (χ4v) is 6.26. The van der Waals surface area contributed by atoms with E-state index in [4.69, 9.17) is 18.6 Å². The van der Waals surface area contributed by atoms with Gasteiger partial charge >= 0.3 is 6.18 Å². The van der Waals surface area contributed by atoms with E-state index in [1.54, 1.807) is 50.1 Å². The molecule has 230 valence electrons. The van der Waals surface area contributed by atoms with Gasteiger partial charge in [-0.05, 0) is 71.7 Å². The molecule has 0 bridgehead atoms. The minimum Gasteiger partial charge on any atom is -0.496 e. The van der Waals surface area contributed by atoms with E-state index in [0.717, 1.165) is 28.6 Å². The summed E-state index contributed by atoms with van der Waals surface area (Å²) >= 11 is 1.31. The Hall–Kier alpha value is -5.04. The van der Waals surface area contributed by atoms with Gasteiger partial charge in [-0.1, -0.05) is 12.1 Å². The zero-order chi connectivity index (χ0) is 31.5. The number of halogens is 3. The van der Waals surface area contributed by atoms with Gasteiger partial charge in [0.05, 0.1) is 31.4 Å². The van der Waals surface area contributed by atoms with Gasteiger partial charge in [-0.3, -0.25) is 4.79 Å². The van der Waals surface area contributed by atoms with Gasteiger partial charge in [0.25, 0.3) is 11.1 Å². The Morgan fingerprint density at radius 1 is 1.09 bits per heavy atom. The molecule has 9 nitrogen and oxygen atoms in total. The van der Waals surface area contributed by atoms with Gasteiger partial charge in [-0.2, -0.15) is 13.2 Å². The monoisotopic (exact) mass is 634 g/mol. The number of carbonyl (C=O) groups excluding carboxylic acids is 1. The summed E-state index contributed by atoms with van der Waals surface area (Å²) in [6.07, 6.45) is -2.25. The van der Waals surface area contributed by atoms with Crippen molar-refractivity contribution < 1.29 is 36.6 Å². The summed E-state index contributed by atoms with van der Waals surface area (Å²) in [6.45, 7) is 2.07. The van der Waals surface area contributed by atoms with Crippen molar-refractivity contribution in [3.05, 3.63) is 88.6 Å². The molecule has 13 heteroatoms. The van der Waals surface area contributed by atoms with Crippen LogP contribution in [0.5, 0.6) is 16.7 Å². The van der Waals surface area contributed by atoms with E-state index in [0.29, 0.717) is 62.9 Å². The molecule has 1 aliphatic heterocycles. The maximum atomic E-state index is 13.4. The van der Waals surface area contributed by atoms with E-state index < -0.39 is 17.6 Å². The highest BCUT2D eigenvalue weighted by Crippen LogP contribution is 2.39. The Morgan fingerprint density at radius 2 is 1.93 bits per heavy atom. The number of hydrogen-bond acceptors (Lipinski definition) is 8. The Bertz CT molecular complexity index is 2070. The van der Waals surface area contributed by atoms with Gasteiger partial charge in [0, 0.05) is 29.9 Å². The molecule has 3 aromatic heterocycles. The molecule has 0 spiro atoms. The van der Waals surface area contributed by atoms with Crippen molar-refractivity contribution >= 4 is 38.9 Å². The summed E-state index contributed by atoms with van der Waals surface area (Å²) < 4.78 is 65.0. The van der Waals surface area contributed by atoms with Crippen LogP contribution in [0.25, 0.3) is 27.4 Å². The van der Waals surface area contributed by atoms with Gasteiger partial charge < -0.3 is 23.5 Å². The second-order valence-electron chi connectivity index (χ2n) is 10.6. The Labute approximate surface area is 258 Å². The van der Waals surface area contributed by atoms with E-state index in [-0.39, 0.29) is 12.2 Å². The van der Waals surface area contributed by atoms with Crippen molar-refractivity contribution in [2.24, 2.45) is 0 Å². The van der Waals surface area contributed by atoms with E-state index in [2.05, 4.69) is 10.1 Å². The Kier molecular flexibility index (Phi) is 6.92. The molecular weight excluding hydrogens is 609 g/mol. The predicted octanol–water partition coefficient (Wildman–Crippen LogP) is 7.33. The van der Waals surface area contributed by atoms with Crippen LogP contribution in [0.3, 0.4) is 0 Å². The molecule has 1 amide bonds. The topological polar surface area (TPSA) is 91.3 Å². The first-order valence-corrected chi connectivity index (χ1v) is 14.7. The molecule has 3 aromatic carbocycles. The molecule has 1 aliphatic rings. The molecule has 0 radical (unpaired) electrons. The van der Waals surface area contributed by atoms with Crippen molar-refractivity contribution in [3.8, 4) is 28.1 Å². The van der Waals surface area contributed by atoms with Crippen LogP contribution in [0, 0.1) is 6.92 Å². The molecule has 0 fully saturated rings. The Morgan fingerprint density at radius 3 is 2.69 bits per heavy atom. The summed E-state index contributed by atoms with van der Waals surface area (Å²) in [7, 11) is 3.10. The van der Waals surface area contributed by atoms with Gasteiger partial charge in [0.2, 0.25) is 4.96 Å². The zero-order valence-electron chi connectivity index (χ0n) is 24.3. The number of carbonyl (C=O) groups is 1. The van der Waals surface area contributed by atoms with Crippen LogP contribution in [0.2, 0.25) is 0 Å². The number of rotatable bonds is 7. The SMILES string of the molecule is COc1cc(OCc2cccc3c2CCN3C(=O)c2cc(C)cc(C(F)(F)F)c2)c2cc(-c3cn4nc(OC)sc4n3)oc2c1. The van der Waals surface area contributed by atoms with Crippen LogP contribution in [-0.4, -0.2) is 41.3 Å². The smallest absolute Gasteiger partial charge is 0.416 e. The average Bonchev–Trinajstić information content (AvgIpc) is 3.80. The fourth-order valence-electron chi connectivity index (χ4n) is 5.56. The maximum Gasteiger partial charge on any atom is 0.416 e. The maximum absolute atomic E-state index is 13.4. The third-order valence-corrected chi connectivity index (χ3v) is 8.55. The molecule has 0 unspecified atom stereocenters. The summed E-state index contributed by atoms with van der Waals surface area (Å²) in [6, 6.07) is 14.3. The lowest BCUT2D eigenvalue weighted by Crippen LogP contribution is -2.29. The third kappa shape index (κ3) is 5.22. The third-order valence-electron chi connectivity index (χ3n) is 7.66. The lowest BCUT2D eigenvalue weighted by Gasteiger charge is -2.19. The number of fused-ring (bicyclic) bond motifs is 3. The number of anilines is 1. The first kappa shape index (κ1) is 28.7. The lowest BCUT2D eigenvalue weighted by atomic mass is 10.0. The average molecular weight is 635 g/mol. The number of amides is 1. The standard InChI is InChI=1S/C32H25F3N4O5S/c1-17-9-19(11-20(10-17)32(33,34)35)29(40)38-8-7-22-18(5-4-6-25(22)38)16-43-26-12-21(41-2)13-27-23(26)14-28(44-27)24-15-39-30(36-24)45-31(37-39)42-3/h4-6,9-15H,7-8,16H2,1-3H3. The first-order chi connectivity index (χ1) is 21.6. The number of ether oxygens (including phenoxy) is 3. The molecule has 7 rings (SSSR count). The predicted molar refractivity (Wildman–Crippen MR) is 162 cm³/mol. The highest BCUT2D eigenvalue weighted by molar-refractivity contribution is 7.18. The largest absolute Gasteiger partial charge is 0.496 e. The van der Waals surface area contributed by atoms with Crippen molar-refractivity contribution in [3.63, 3.8) is 0 Å². The van der Waals surface area contributed by atoms with Crippen LogP contribution in [0.4, 0.5) is 18.9 Å². The van der Waals surface area contributed by atoms with Crippen LogP contribution in [0.1, 0.15) is 32.6 Å². The quantitative estimate of drug-likeness (QED) is 0.182. The number of hydrogen-bond donors (Lipinski definition) is 0. The molecule has 0 saturated heterocycles. The Balaban J connectivity index is 1.16. The molecule has 6 aromatic rings. The molecule has 0 N–H and O–H groups in total. The second-order valence-corrected chi connectivity index (χ2v) is 11.5. The lowest BCUT2D eigenvalue weighted by molar-refractivity contribution is -0.137. The number of nitrogens with zero attached hydrogens (tertiary/aromatic N) is 4. The van der Waals surface area contributed by atoms with Gasteiger partial charge in [0.15, 0.2) is 5.76 Å². The second kappa shape index (κ2) is 10.8. The molecular formula is C32H25F3N4O5S. The number of methoxy groups -OCH3 is 2. The normalized spacial score (nSPS) is 13.1. The van der Waals surface area contributed by atoms with Gasteiger partial charge in [-0.25, -0.2) is 9.50 Å². The van der Waals surface area contributed by atoms with E-state index in [9.17, 15) is 18.0 Å². The van der Waals surface area contributed by atoms with E-state index in [1.807, 2.05) is 18.2 Å². The van der Waals surface area contributed by atoms with Crippen molar-refractivity contribution in [1.82, 2.24) is 14.6 Å².